The number of rotatable bonds is 9. The van der Waals surface area contributed by atoms with Gasteiger partial charge < -0.3 is 24.2 Å². The van der Waals surface area contributed by atoms with Crippen LogP contribution in [0.2, 0.25) is 0 Å². The Morgan fingerprint density at radius 2 is 1.82 bits per heavy atom. The second-order valence-corrected chi connectivity index (χ2v) is 9.26. The van der Waals surface area contributed by atoms with Crippen molar-refractivity contribution >= 4 is 17.8 Å². The topological polar surface area (TPSA) is 106 Å². The molecule has 1 aromatic heterocycles. The summed E-state index contributed by atoms with van der Waals surface area (Å²) < 4.78 is 30.5. The molecule has 1 fully saturated rings. The maximum atomic E-state index is 13.2. The van der Waals surface area contributed by atoms with Crippen LogP contribution in [-0.2, 0) is 0 Å². The van der Waals surface area contributed by atoms with E-state index in [1.807, 2.05) is 0 Å². The zero-order valence-corrected chi connectivity index (χ0v) is 21.3. The number of halogens is 1. The first-order valence-electron chi connectivity index (χ1n) is 12.5. The van der Waals surface area contributed by atoms with Crippen molar-refractivity contribution < 1.29 is 28.5 Å². The predicted octanol–water partition coefficient (Wildman–Crippen LogP) is 4.13. The number of aliphatic imine (C=N–C) groups is 1. The lowest BCUT2D eigenvalue weighted by Gasteiger charge is -2.20. The number of aromatic nitrogens is 2. The smallest absolute Gasteiger partial charge is 0.256 e. The quantitative estimate of drug-likeness (QED) is 0.423. The number of carbonyl (C=O) groups excluding carboxylic acids is 1. The van der Waals surface area contributed by atoms with Crippen LogP contribution in [0.1, 0.15) is 35.4 Å². The third-order valence-electron chi connectivity index (χ3n) is 6.48. The summed E-state index contributed by atoms with van der Waals surface area (Å²) in [7, 11) is 1.53. The summed E-state index contributed by atoms with van der Waals surface area (Å²) in [6, 6.07) is 11.0. The third kappa shape index (κ3) is 5.60. The summed E-state index contributed by atoms with van der Waals surface area (Å²) in [6.07, 6.45) is 3.08. The number of aliphatic hydroxyl groups excluding tert-OH is 1. The van der Waals surface area contributed by atoms with Gasteiger partial charge in [0.25, 0.3) is 5.91 Å². The molecule has 3 aromatic rings. The molecule has 3 heterocycles. The van der Waals surface area contributed by atoms with E-state index >= 15 is 0 Å². The van der Waals surface area contributed by atoms with Gasteiger partial charge in [0.05, 0.1) is 49.4 Å². The molecule has 1 amide bonds. The van der Waals surface area contributed by atoms with Gasteiger partial charge in [0.1, 0.15) is 11.6 Å². The number of unbranched alkanes of at least 4 members (excludes halogenated alkanes) is 1. The van der Waals surface area contributed by atoms with Crippen LogP contribution in [-0.4, -0.2) is 71.1 Å². The Labute approximate surface area is 219 Å². The molecule has 1 saturated heterocycles. The number of nitrogens with zero attached hydrogens (tertiary/aromatic N) is 4. The Hall–Kier alpha value is -4.05. The number of hydrogen-bond acceptors (Lipinski definition) is 8. The van der Waals surface area contributed by atoms with Crippen molar-refractivity contribution in [2.75, 3.05) is 26.9 Å². The van der Waals surface area contributed by atoms with Crippen LogP contribution in [0.4, 0.5) is 10.1 Å². The van der Waals surface area contributed by atoms with Gasteiger partial charge in [0.15, 0.2) is 11.5 Å². The number of ether oxygens (including phenoxy) is 3. The SMILES string of the molecule is COc1cc2c(cc1OCCCCOc1cc(-c3ccc(F)cc3)nc(C)n1)N=CC1CC(O)CN1C2=O. The summed E-state index contributed by atoms with van der Waals surface area (Å²) >= 11 is 0. The van der Waals surface area contributed by atoms with Gasteiger partial charge >= 0.3 is 0 Å². The Balaban J connectivity index is 1.16. The molecule has 0 spiro atoms. The molecule has 38 heavy (non-hydrogen) atoms. The second-order valence-electron chi connectivity index (χ2n) is 9.26. The van der Waals surface area contributed by atoms with Crippen molar-refractivity contribution in [1.82, 2.24) is 14.9 Å². The maximum absolute atomic E-state index is 13.2. The predicted molar refractivity (Wildman–Crippen MR) is 139 cm³/mol. The van der Waals surface area contributed by atoms with E-state index < -0.39 is 6.10 Å². The van der Waals surface area contributed by atoms with Crippen molar-refractivity contribution in [3.63, 3.8) is 0 Å². The van der Waals surface area contributed by atoms with E-state index in [4.69, 9.17) is 14.2 Å². The van der Waals surface area contributed by atoms with Crippen LogP contribution in [0, 0.1) is 12.7 Å². The summed E-state index contributed by atoms with van der Waals surface area (Å²) in [5, 5.41) is 9.94. The first-order valence-corrected chi connectivity index (χ1v) is 12.5. The minimum Gasteiger partial charge on any atom is -0.493 e. The molecular formula is C28H29FN4O5. The molecule has 198 valence electrons. The van der Waals surface area contributed by atoms with E-state index in [1.165, 1.54) is 19.2 Å². The normalized spacial score (nSPS) is 18.1. The van der Waals surface area contributed by atoms with Crippen molar-refractivity contribution in [1.29, 1.82) is 0 Å². The van der Waals surface area contributed by atoms with Crippen molar-refractivity contribution in [2.24, 2.45) is 4.99 Å². The first kappa shape index (κ1) is 25.6. The second kappa shape index (κ2) is 11.1. The molecule has 2 aliphatic heterocycles. The van der Waals surface area contributed by atoms with Crippen molar-refractivity contribution in [3.05, 3.63) is 59.7 Å². The standard InChI is InChI=1S/C28H29FN4O5/c1-17-31-23(18-5-7-19(29)8-6-18)14-27(32-17)38-10-4-3-9-37-26-13-24-22(12-25(26)36-2)28(35)33-16-21(34)11-20(33)15-30-24/h5-8,12-15,20-21,34H,3-4,9-11,16H2,1-2H3. The Kier molecular flexibility index (Phi) is 7.50. The van der Waals surface area contributed by atoms with Gasteiger partial charge in [0.2, 0.25) is 5.88 Å². The number of aliphatic hydroxyl groups is 1. The van der Waals surface area contributed by atoms with E-state index in [9.17, 15) is 14.3 Å². The highest BCUT2D eigenvalue weighted by Crippen LogP contribution is 2.38. The van der Waals surface area contributed by atoms with Crippen LogP contribution in [0.15, 0.2) is 47.5 Å². The number of hydrogen-bond donors (Lipinski definition) is 1. The molecule has 5 rings (SSSR count). The molecule has 2 aromatic carbocycles. The number of amides is 1. The fourth-order valence-corrected chi connectivity index (χ4v) is 4.58. The van der Waals surface area contributed by atoms with E-state index in [0.29, 0.717) is 72.7 Å². The van der Waals surface area contributed by atoms with Crippen molar-refractivity contribution in [2.45, 2.75) is 38.3 Å². The van der Waals surface area contributed by atoms with E-state index in [0.717, 1.165) is 12.0 Å². The minimum atomic E-state index is -0.541. The van der Waals surface area contributed by atoms with E-state index in [-0.39, 0.29) is 17.8 Å². The molecule has 2 unspecified atom stereocenters. The summed E-state index contributed by atoms with van der Waals surface area (Å²) in [4.78, 5) is 27.9. The highest BCUT2D eigenvalue weighted by Gasteiger charge is 2.36. The summed E-state index contributed by atoms with van der Waals surface area (Å²) in [6.45, 7) is 2.93. The van der Waals surface area contributed by atoms with Crippen LogP contribution >= 0.6 is 0 Å². The highest BCUT2D eigenvalue weighted by atomic mass is 19.1. The van der Waals surface area contributed by atoms with Crippen LogP contribution < -0.4 is 14.2 Å². The van der Waals surface area contributed by atoms with Gasteiger partial charge in [-0.3, -0.25) is 9.79 Å². The summed E-state index contributed by atoms with van der Waals surface area (Å²) in [5.74, 6) is 1.51. The van der Waals surface area contributed by atoms with Crippen LogP contribution in [0.5, 0.6) is 17.4 Å². The van der Waals surface area contributed by atoms with Gasteiger partial charge in [0, 0.05) is 36.9 Å². The Morgan fingerprint density at radius 1 is 1.05 bits per heavy atom. The fraction of sp³-hybridized carbons (Fsp3) is 0.357. The zero-order chi connectivity index (χ0) is 26.6. The molecule has 2 aliphatic rings. The lowest BCUT2D eigenvalue weighted by atomic mass is 10.1. The van der Waals surface area contributed by atoms with E-state index in [1.54, 1.807) is 48.4 Å². The number of carbonyl (C=O) groups is 1. The van der Waals surface area contributed by atoms with Crippen LogP contribution in [0.3, 0.4) is 0 Å². The molecule has 0 aliphatic carbocycles. The van der Waals surface area contributed by atoms with Gasteiger partial charge in [-0.25, -0.2) is 9.37 Å². The lowest BCUT2D eigenvalue weighted by Crippen LogP contribution is -2.35. The molecule has 0 radical (unpaired) electrons. The highest BCUT2D eigenvalue weighted by molar-refractivity contribution is 6.03. The maximum Gasteiger partial charge on any atom is 0.256 e. The monoisotopic (exact) mass is 520 g/mol. The molecule has 9 nitrogen and oxygen atoms in total. The van der Waals surface area contributed by atoms with Gasteiger partial charge in [-0.15, -0.1) is 0 Å². The summed E-state index contributed by atoms with van der Waals surface area (Å²) in [5.41, 5.74) is 2.41. The lowest BCUT2D eigenvalue weighted by molar-refractivity contribution is 0.0749. The minimum absolute atomic E-state index is 0.177. The Bertz CT molecular complexity index is 1350. The van der Waals surface area contributed by atoms with Crippen LogP contribution in [0.25, 0.3) is 11.3 Å². The zero-order valence-electron chi connectivity index (χ0n) is 21.3. The van der Waals surface area contributed by atoms with E-state index in [2.05, 4.69) is 15.0 Å². The Morgan fingerprint density at radius 3 is 2.58 bits per heavy atom. The third-order valence-corrected chi connectivity index (χ3v) is 6.48. The molecule has 2 atom stereocenters. The molecule has 0 bridgehead atoms. The number of fused-ring (bicyclic) bond motifs is 2. The molecule has 0 saturated carbocycles. The first-order chi connectivity index (χ1) is 18.4. The van der Waals surface area contributed by atoms with Gasteiger partial charge in [-0.05, 0) is 50.1 Å². The average Bonchev–Trinajstić information content (AvgIpc) is 3.24. The van der Waals surface area contributed by atoms with Gasteiger partial charge in [-0.2, -0.15) is 4.98 Å². The fourth-order valence-electron chi connectivity index (χ4n) is 4.58. The van der Waals surface area contributed by atoms with Gasteiger partial charge in [-0.1, -0.05) is 0 Å². The molecule has 1 N–H and O–H groups in total. The average molecular weight is 521 g/mol. The number of benzene rings is 2. The molecule has 10 heteroatoms. The number of aryl methyl sites for hydroxylation is 1. The largest absolute Gasteiger partial charge is 0.493 e. The molecular weight excluding hydrogens is 491 g/mol. The number of methoxy groups -OCH3 is 1. The van der Waals surface area contributed by atoms with Crippen molar-refractivity contribution in [3.8, 4) is 28.6 Å².